The Bertz CT molecular complexity index is 463. The maximum Gasteiger partial charge on any atom is 0.325 e. The summed E-state index contributed by atoms with van der Waals surface area (Å²) in [7, 11) is 0. The third kappa shape index (κ3) is 2.46. The second-order valence-corrected chi connectivity index (χ2v) is 4.04. The van der Waals surface area contributed by atoms with Crippen molar-refractivity contribution in [2.24, 2.45) is 0 Å². The molecule has 1 aliphatic heterocycles. The van der Waals surface area contributed by atoms with Crippen LogP contribution < -0.4 is 0 Å². The highest BCUT2D eigenvalue weighted by Crippen LogP contribution is 2.12. The lowest BCUT2D eigenvalue weighted by Gasteiger charge is -2.12. The van der Waals surface area contributed by atoms with Crippen LogP contribution in [0.3, 0.4) is 0 Å². The van der Waals surface area contributed by atoms with Crippen LogP contribution >= 0.6 is 0 Å². The van der Waals surface area contributed by atoms with E-state index >= 15 is 0 Å². The summed E-state index contributed by atoms with van der Waals surface area (Å²) in [6.45, 7) is -0.344. The predicted octanol–water partition coefficient (Wildman–Crippen LogP) is -2.46. The van der Waals surface area contributed by atoms with Gasteiger partial charge in [-0.3, -0.25) is 9.59 Å². The lowest BCUT2D eigenvalue weighted by molar-refractivity contribution is -0.137. The molecule has 0 aromatic carbocycles. The van der Waals surface area contributed by atoms with E-state index in [1.54, 1.807) is 0 Å². The number of carbonyl (C=O) groups is 2. The normalized spacial score (nSPS) is 23.3. The number of hydrogen-bond donors (Lipinski definition) is 3. The van der Waals surface area contributed by atoms with Gasteiger partial charge in [0.2, 0.25) is 0 Å². The summed E-state index contributed by atoms with van der Waals surface area (Å²) in [5.74, 6) is -1.59. The Balaban J connectivity index is 2.05. The second kappa shape index (κ2) is 4.70. The molecule has 1 amide bonds. The highest BCUT2D eigenvalue weighted by atomic mass is 16.4. The van der Waals surface area contributed by atoms with Gasteiger partial charge in [0.15, 0.2) is 5.69 Å². The van der Waals surface area contributed by atoms with E-state index in [1.807, 2.05) is 0 Å². The minimum Gasteiger partial charge on any atom is -0.480 e. The topological polar surface area (TPSA) is 129 Å². The van der Waals surface area contributed by atoms with E-state index in [1.165, 1.54) is 11.1 Å². The summed E-state index contributed by atoms with van der Waals surface area (Å²) in [4.78, 5) is 23.6. The number of carbonyl (C=O) groups excluding carboxylic acids is 1. The Morgan fingerprint density at radius 3 is 2.50 bits per heavy atom. The van der Waals surface area contributed by atoms with E-state index in [4.69, 9.17) is 5.11 Å². The van der Waals surface area contributed by atoms with E-state index < -0.39 is 24.1 Å². The molecule has 2 unspecified atom stereocenters. The molecule has 2 heterocycles. The van der Waals surface area contributed by atoms with Gasteiger partial charge in [-0.2, -0.15) is 0 Å². The largest absolute Gasteiger partial charge is 0.480 e. The molecule has 98 valence electrons. The standard InChI is InChI=1S/C9H12N4O5/c14-6-2-12(3-7(6)15)9(18)5-1-13(11-10-5)4-8(16)17/h1,6-7,14-15H,2-4H2,(H,16,17). The molecular weight excluding hydrogens is 244 g/mol. The van der Waals surface area contributed by atoms with Crippen molar-refractivity contribution in [2.45, 2.75) is 18.8 Å². The Morgan fingerprint density at radius 1 is 1.33 bits per heavy atom. The number of β-amino-alcohol motifs (C(OH)–C–C–N with tert-alkyl or cyclic N) is 2. The van der Waals surface area contributed by atoms with Crippen LogP contribution in [0.5, 0.6) is 0 Å². The van der Waals surface area contributed by atoms with Gasteiger partial charge in [-0.05, 0) is 0 Å². The number of rotatable bonds is 3. The first kappa shape index (κ1) is 12.5. The molecule has 1 fully saturated rings. The Labute approximate surface area is 101 Å². The van der Waals surface area contributed by atoms with Gasteiger partial charge in [-0.1, -0.05) is 5.21 Å². The van der Waals surface area contributed by atoms with Gasteiger partial charge in [0.05, 0.1) is 18.4 Å². The van der Waals surface area contributed by atoms with Crippen LogP contribution in [0.2, 0.25) is 0 Å². The lowest BCUT2D eigenvalue weighted by atomic mass is 10.3. The molecule has 0 aliphatic carbocycles. The molecule has 9 heteroatoms. The average molecular weight is 256 g/mol. The summed E-state index contributed by atoms with van der Waals surface area (Å²) in [5, 5.41) is 34.3. The quantitative estimate of drug-likeness (QED) is 0.547. The molecule has 1 aromatic rings. The lowest BCUT2D eigenvalue weighted by Crippen LogP contribution is -2.30. The van der Waals surface area contributed by atoms with E-state index in [0.29, 0.717) is 0 Å². The maximum atomic E-state index is 11.9. The number of aliphatic hydroxyl groups excluding tert-OH is 2. The zero-order valence-electron chi connectivity index (χ0n) is 9.30. The monoisotopic (exact) mass is 256 g/mol. The highest BCUT2D eigenvalue weighted by Gasteiger charge is 2.33. The molecular formula is C9H12N4O5. The summed E-state index contributed by atoms with van der Waals surface area (Å²) in [5.41, 5.74) is -0.0162. The second-order valence-electron chi connectivity index (χ2n) is 4.04. The van der Waals surface area contributed by atoms with Crippen LogP contribution in [0.25, 0.3) is 0 Å². The molecule has 3 N–H and O–H groups in total. The van der Waals surface area contributed by atoms with Gasteiger partial charge in [-0.15, -0.1) is 5.10 Å². The van der Waals surface area contributed by atoms with Crippen molar-refractivity contribution in [3.63, 3.8) is 0 Å². The molecule has 0 spiro atoms. The number of nitrogens with zero attached hydrogens (tertiary/aromatic N) is 4. The van der Waals surface area contributed by atoms with Gasteiger partial charge in [-0.25, -0.2) is 4.68 Å². The molecule has 1 saturated heterocycles. The summed E-state index contributed by atoms with van der Waals surface area (Å²) >= 11 is 0. The van der Waals surface area contributed by atoms with E-state index in [9.17, 15) is 19.8 Å². The maximum absolute atomic E-state index is 11.9. The fourth-order valence-electron chi connectivity index (χ4n) is 1.71. The van der Waals surface area contributed by atoms with Crippen molar-refractivity contribution in [3.05, 3.63) is 11.9 Å². The minimum atomic E-state index is -1.09. The van der Waals surface area contributed by atoms with Crippen LogP contribution in [-0.2, 0) is 11.3 Å². The van der Waals surface area contributed by atoms with Gasteiger partial charge < -0.3 is 20.2 Å². The van der Waals surface area contributed by atoms with Gasteiger partial charge in [0.25, 0.3) is 5.91 Å². The van der Waals surface area contributed by atoms with Crippen molar-refractivity contribution < 1.29 is 24.9 Å². The third-order valence-electron chi connectivity index (χ3n) is 2.60. The highest BCUT2D eigenvalue weighted by molar-refractivity contribution is 5.92. The van der Waals surface area contributed by atoms with Crippen molar-refractivity contribution in [1.82, 2.24) is 19.9 Å². The van der Waals surface area contributed by atoms with Crippen molar-refractivity contribution in [1.29, 1.82) is 0 Å². The van der Waals surface area contributed by atoms with Crippen molar-refractivity contribution >= 4 is 11.9 Å². The van der Waals surface area contributed by atoms with Crippen LogP contribution in [0.15, 0.2) is 6.20 Å². The Hall–Kier alpha value is -2.00. The van der Waals surface area contributed by atoms with Crippen LogP contribution in [-0.4, -0.2) is 72.4 Å². The van der Waals surface area contributed by atoms with E-state index in [0.717, 1.165) is 4.68 Å². The van der Waals surface area contributed by atoms with Gasteiger partial charge in [0, 0.05) is 13.1 Å². The molecule has 9 nitrogen and oxygen atoms in total. The van der Waals surface area contributed by atoms with E-state index in [-0.39, 0.29) is 25.3 Å². The van der Waals surface area contributed by atoms with Gasteiger partial charge >= 0.3 is 5.97 Å². The molecule has 18 heavy (non-hydrogen) atoms. The Kier molecular flexibility index (Phi) is 3.26. The first-order chi connectivity index (χ1) is 8.47. The summed E-state index contributed by atoms with van der Waals surface area (Å²) in [6, 6.07) is 0. The number of carboxylic acid groups (broad SMARTS) is 1. The van der Waals surface area contributed by atoms with Crippen LogP contribution in [0.4, 0.5) is 0 Å². The predicted molar refractivity (Wildman–Crippen MR) is 55.6 cm³/mol. The first-order valence-electron chi connectivity index (χ1n) is 5.24. The molecule has 2 atom stereocenters. The van der Waals surface area contributed by atoms with E-state index in [2.05, 4.69) is 10.3 Å². The molecule has 1 aromatic heterocycles. The van der Waals surface area contributed by atoms with Crippen LogP contribution in [0.1, 0.15) is 10.5 Å². The molecule has 1 aliphatic rings. The minimum absolute atomic E-state index is 0.0162. The summed E-state index contributed by atoms with van der Waals surface area (Å²) < 4.78 is 1.03. The fourth-order valence-corrected chi connectivity index (χ4v) is 1.71. The Morgan fingerprint density at radius 2 is 1.94 bits per heavy atom. The van der Waals surface area contributed by atoms with Crippen molar-refractivity contribution in [2.75, 3.05) is 13.1 Å². The average Bonchev–Trinajstić information content (AvgIpc) is 2.85. The fraction of sp³-hybridized carbons (Fsp3) is 0.556. The molecule has 0 bridgehead atoms. The smallest absolute Gasteiger partial charge is 0.325 e. The zero-order chi connectivity index (χ0) is 13.3. The number of aliphatic carboxylic acids is 1. The number of likely N-dealkylation sites (tertiary alicyclic amines) is 1. The number of hydrogen-bond acceptors (Lipinski definition) is 6. The molecule has 2 rings (SSSR count). The van der Waals surface area contributed by atoms with Crippen LogP contribution in [0, 0.1) is 0 Å². The number of amides is 1. The van der Waals surface area contributed by atoms with Crippen molar-refractivity contribution in [3.8, 4) is 0 Å². The molecule has 0 saturated carbocycles. The zero-order valence-corrected chi connectivity index (χ0v) is 9.30. The third-order valence-corrected chi connectivity index (χ3v) is 2.60. The van der Waals surface area contributed by atoms with Gasteiger partial charge in [0.1, 0.15) is 6.54 Å². The number of aliphatic hydroxyl groups is 2. The summed E-state index contributed by atoms with van der Waals surface area (Å²) in [6.07, 6.45) is -0.723. The SMILES string of the molecule is O=C(O)Cn1cc(C(=O)N2CC(O)C(O)C2)nn1. The number of aromatic nitrogens is 3. The number of carboxylic acids is 1. The molecule has 0 radical (unpaired) electrons. The first-order valence-corrected chi connectivity index (χ1v) is 5.24.